The number of aryl methyl sites for hydroxylation is 1. The van der Waals surface area contributed by atoms with Crippen LogP contribution < -0.4 is 4.74 Å². The van der Waals surface area contributed by atoms with Crippen LogP contribution in [0.4, 0.5) is 0 Å². The highest BCUT2D eigenvalue weighted by Gasteiger charge is 2.01. The van der Waals surface area contributed by atoms with Gasteiger partial charge in [-0.05, 0) is 36.6 Å². The zero-order valence-electron chi connectivity index (χ0n) is 13.7. The maximum atomic E-state index is 10.9. The van der Waals surface area contributed by atoms with Crippen LogP contribution >= 0.6 is 0 Å². The highest BCUT2D eigenvalue weighted by atomic mass is 16.5. The van der Waals surface area contributed by atoms with Crippen LogP contribution in [0.25, 0.3) is 0 Å². The molecular weight excluding hydrogens is 260 g/mol. The van der Waals surface area contributed by atoms with Gasteiger partial charge in [-0.15, -0.1) is 0 Å². The second-order valence-corrected chi connectivity index (χ2v) is 5.81. The highest BCUT2D eigenvalue weighted by Crippen LogP contribution is 2.18. The smallest absolute Gasteiger partial charge is 0.150 e. The lowest BCUT2D eigenvalue weighted by Crippen LogP contribution is -1.92. The largest absolute Gasteiger partial charge is 0.497 e. The number of ether oxygens (including phenoxy) is 1. The van der Waals surface area contributed by atoms with Gasteiger partial charge in [-0.1, -0.05) is 58.3 Å². The monoisotopic (exact) mass is 290 g/mol. The van der Waals surface area contributed by atoms with Crippen LogP contribution in [0.15, 0.2) is 18.2 Å². The fraction of sp³-hybridized carbons (Fsp3) is 0.632. The van der Waals surface area contributed by atoms with E-state index in [0.717, 1.165) is 18.5 Å². The normalized spacial score (nSPS) is 10.6. The molecule has 0 aliphatic rings. The first kappa shape index (κ1) is 17.7. The Morgan fingerprint density at radius 3 is 2.10 bits per heavy atom. The van der Waals surface area contributed by atoms with Gasteiger partial charge in [-0.2, -0.15) is 0 Å². The second-order valence-electron chi connectivity index (χ2n) is 5.81. The van der Waals surface area contributed by atoms with Gasteiger partial charge in [0.1, 0.15) is 12.0 Å². The Kier molecular flexibility index (Phi) is 9.60. The summed E-state index contributed by atoms with van der Waals surface area (Å²) in [7, 11) is 1.65. The van der Waals surface area contributed by atoms with Crippen molar-refractivity contribution in [1.29, 1.82) is 0 Å². The number of hydrogen-bond donors (Lipinski definition) is 0. The average Bonchev–Trinajstić information content (AvgIpc) is 2.52. The van der Waals surface area contributed by atoms with Crippen molar-refractivity contribution < 1.29 is 9.53 Å². The van der Waals surface area contributed by atoms with Crippen molar-refractivity contribution in [1.82, 2.24) is 0 Å². The molecule has 118 valence electrons. The summed E-state index contributed by atoms with van der Waals surface area (Å²) in [5.74, 6) is 0.783. The molecule has 0 heterocycles. The quantitative estimate of drug-likeness (QED) is 0.371. The Labute approximate surface area is 129 Å². The Balaban J connectivity index is 2.16. The van der Waals surface area contributed by atoms with Gasteiger partial charge in [0.25, 0.3) is 0 Å². The topological polar surface area (TPSA) is 26.3 Å². The molecule has 0 unspecified atom stereocenters. The van der Waals surface area contributed by atoms with E-state index in [-0.39, 0.29) is 0 Å². The van der Waals surface area contributed by atoms with E-state index in [9.17, 15) is 4.79 Å². The molecule has 0 saturated carbocycles. The number of methoxy groups -OCH3 is 1. The lowest BCUT2D eigenvalue weighted by atomic mass is 10.0. The molecule has 0 aliphatic carbocycles. The van der Waals surface area contributed by atoms with Crippen LogP contribution in [0, 0.1) is 0 Å². The maximum absolute atomic E-state index is 10.9. The van der Waals surface area contributed by atoms with E-state index in [4.69, 9.17) is 4.74 Å². The fourth-order valence-corrected chi connectivity index (χ4v) is 2.66. The van der Waals surface area contributed by atoms with Crippen LogP contribution in [0.3, 0.4) is 0 Å². The van der Waals surface area contributed by atoms with Crippen LogP contribution in [0.2, 0.25) is 0 Å². The minimum absolute atomic E-state index is 0.709. The Morgan fingerprint density at radius 1 is 0.905 bits per heavy atom. The van der Waals surface area contributed by atoms with E-state index in [0.29, 0.717) is 5.56 Å². The Morgan fingerprint density at radius 2 is 1.52 bits per heavy atom. The van der Waals surface area contributed by atoms with E-state index >= 15 is 0 Å². The van der Waals surface area contributed by atoms with Crippen LogP contribution in [-0.4, -0.2) is 13.4 Å². The van der Waals surface area contributed by atoms with Crippen molar-refractivity contribution in [3.8, 4) is 5.75 Å². The molecule has 1 aromatic rings. The van der Waals surface area contributed by atoms with Crippen molar-refractivity contribution in [2.45, 2.75) is 71.1 Å². The predicted octanol–water partition coefficient (Wildman–Crippen LogP) is 5.58. The van der Waals surface area contributed by atoms with Crippen molar-refractivity contribution in [3.63, 3.8) is 0 Å². The zero-order chi connectivity index (χ0) is 15.3. The first-order valence-electron chi connectivity index (χ1n) is 8.43. The van der Waals surface area contributed by atoms with E-state index in [1.807, 2.05) is 12.1 Å². The molecule has 0 bridgehead atoms. The molecule has 1 aromatic carbocycles. The van der Waals surface area contributed by atoms with Gasteiger partial charge in [-0.25, -0.2) is 0 Å². The summed E-state index contributed by atoms with van der Waals surface area (Å²) >= 11 is 0. The number of carbonyl (C=O) groups excluding carboxylic acids is 1. The maximum Gasteiger partial charge on any atom is 0.150 e. The number of rotatable bonds is 12. The number of aldehydes is 1. The molecule has 1 rings (SSSR count). The molecule has 0 amide bonds. The minimum atomic E-state index is 0.709. The third-order valence-electron chi connectivity index (χ3n) is 3.93. The van der Waals surface area contributed by atoms with Gasteiger partial charge in [0.2, 0.25) is 0 Å². The summed E-state index contributed by atoms with van der Waals surface area (Å²) in [6.07, 6.45) is 14.0. The van der Waals surface area contributed by atoms with Gasteiger partial charge < -0.3 is 4.74 Å². The van der Waals surface area contributed by atoms with Gasteiger partial charge >= 0.3 is 0 Å². The molecule has 2 heteroatoms. The molecule has 0 aromatic heterocycles. The summed E-state index contributed by atoms with van der Waals surface area (Å²) < 4.78 is 5.23. The third kappa shape index (κ3) is 7.89. The molecule has 0 aliphatic heterocycles. The summed E-state index contributed by atoms with van der Waals surface area (Å²) in [5.41, 5.74) is 1.92. The second kappa shape index (κ2) is 11.4. The molecular formula is C19H30O2. The highest BCUT2D eigenvalue weighted by molar-refractivity contribution is 5.76. The molecule has 2 nitrogen and oxygen atoms in total. The summed E-state index contributed by atoms with van der Waals surface area (Å²) in [5, 5.41) is 0. The first-order valence-corrected chi connectivity index (χ1v) is 8.43. The average molecular weight is 290 g/mol. The lowest BCUT2D eigenvalue weighted by Gasteiger charge is -2.06. The SMILES string of the molecule is CCCCCCCCCCCc1cc(C=O)cc(OC)c1. The predicted molar refractivity (Wildman–Crippen MR) is 89.3 cm³/mol. The van der Waals surface area contributed by atoms with Crippen molar-refractivity contribution in [2.24, 2.45) is 0 Å². The number of hydrogen-bond acceptors (Lipinski definition) is 2. The van der Waals surface area contributed by atoms with Gasteiger partial charge in [0.05, 0.1) is 7.11 Å². The molecule has 0 radical (unpaired) electrons. The van der Waals surface area contributed by atoms with E-state index in [1.54, 1.807) is 13.2 Å². The van der Waals surface area contributed by atoms with Crippen molar-refractivity contribution >= 4 is 6.29 Å². The Hall–Kier alpha value is -1.31. The van der Waals surface area contributed by atoms with Crippen LogP contribution in [-0.2, 0) is 6.42 Å². The third-order valence-corrected chi connectivity index (χ3v) is 3.93. The standard InChI is InChI=1S/C19H30O2/c1-3-4-5-6-7-8-9-10-11-12-17-13-18(16-20)15-19(14-17)21-2/h13-16H,3-12H2,1-2H3. The van der Waals surface area contributed by atoms with Gasteiger partial charge in [0, 0.05) is 5.56 Å². The molecule has 0 fully saturated rings. The molecule has 0 atom stereocenters. The molecule has 21 heavy (non-hydrogen) atoms. The summed E-state index contributed by atoms with van der Waals surface area (Å²) in [6.45, 7) is 2.26. The van der Waals surface area contributed by atoms with E-state index in [2.05, 4.69) is 6.92 Å². The van der Waals surface area contributed by atoms with E-state index < -0.39 is 0 Å². The van der Waals surface area contributed by atoms with Crippen molar-refractivity contribution in [3.05, 3.63) is 29.3 Å². The fourth-order valence-electron chi connectivity index (χ4n) is 2.66. The van der Waals surface area contributed by atoms with Crippen LogP contribution in [0.5, 0.6) is 5.75 Å². The van der Waals surface area contributed by atoms with Gasteiger partial charge in [0.15, 0.2) is 0 Å². The van der Waals surface area contributed by atoms with Gasteiger partial charge in [-0.3, -0.25) is 4.79 Å². The zero-order valence-corrected chi connectivity index (χ0v) is 13.7. The van der Waals surface area contributed by atoms with Crippen molar-refractivity contribution in [2.75, 3.05) is 7.11 Å². The number of unbranched alkanes of at least 4 members (excludes halogenated alkanes) is 8. The van der Waals surface area contributed by atoms with Crippen LogP contribution in [0.1, 0.15) is 80.6 Å². The number of benzene rings is 1. The molecule has 0 N–H and O–H groups in total. The summed E-state index contributed by atoms with van der Waals surface area (Å²) in [6, 6.07) is 5.80. The number of carbonyl (C=O) groups is 1. The Bertz CT molecular complexity index is 399. The molecule has 0 spiro atoms. The minimum Gasteiger partial charge on any atom is -0.497 e. The lowest BCUT2D eigenvalue weighted by molar-refractivity contribution is 0.112. The first-order chi connectivity index (χ1) is 10.3. The summed E-state index contributed by atoms with van der Waals surface area (Å²) in [4.78, 5) is 10.9. The molecule has 0 saturated heterocycles. The van der Waals surface area contributed by atoms with E-state index in [1.165, 1.54) is 63.4 Å².